The van der Waals surface area contributed by atoms with Gasteiger partial charge < -0.3 is 10.5 Å². The fourth-order valence-corrected chi connectivity index (χ4v) is 1.56. The van der Waals surface area contributed by atoms with Crippen LogP contribution in [0.3, 0.4) is 0 Å². The zero-order valence-corrected chi connectivity index (χ0v) is 9.12. The standard InChI is InChI=1S/C11H19NO2/c1-11(2,3)14-10(13)7-8-4-5-9(12)6-8/h4-5,8-9H,6-7,12H2,1-3H3/t8-,9+/m0/s1. The van der Waals surface area contributed by atoms with E-state index in [9.17, 15) is 4.79 Å². The maximum Gasteiger partial charge on any atom is 0.306 e. The second-order valence-corrected chi connectivity index (χ2v) is 4.84. The molecule has 1 rings (SSSR count). The average molecular weight is 197 g/mol. The minimum absolute atomic E-state index is 0.113. The Kier molecular flexibility index (Phi) is 3.32. The van der Waals surface area contributed by atoms with Crippen molar-refractivity contribution < 1.29 is 9.53 Å². The molecule has 2 atom stereocenters. The molecule has 0 fully saturated rings. The topological polar surface area (TPSA) is 52.3 Å². The smallest absolute Gasteiger partial charge is 0.306 e. The minimum Gasteiger partial charge on any atom is -0.460 e. The lowest BCUT2D eigenvalue weighted by atomic mass is 10.0. The van der Waals surface area contributed by atoms with E-state index in [1.807, 2.05) is 32.9 Å². The molecule has 0 aromatic carbocycles. The molecule has 1 aliphatic carbocycles. The largest absolute Gasteiger partial charge is 0.460 e. The van der Waals surface area contributed by atoms with Gasteiger partial charge in [0.2, 0.25) is 0 Å². The summed E-state index contributed by atoms with van der Waals surface area (Å²) >= 11 is 0. The third kappa shape index (κ3) is 3.92. The van der Waals surface area contributed by atoms with Gasteiger partial charge in [0.25, 0.3) is 0 Å². The molecule has 0 amide bonds. The highest BCUT2D eigenvalue weighted by Crippen LogP contribution is 2.21. The lowest BCUT2D eigenvalue weighted by Crippen LogP contribution is -2.25. The molecule has 0 saturated heterocycles. The Labute approximate surface area is 85.3 Å². The Morgan fingerprint density at radius 1 is 1.50 bits per heavy atom. The van der Waals surface area contributed by atoms with E-state index < -0.39 is 0 Å². The summed E-state index contributed by atoms with van der Waals surface area (Å²) in [5, 5.41) is 0. The van der Waals surface area contributed by atoms with Crippen LogP contribution < -0.4 is 5.73 Å². The molecule has 0 unspecified atom stereocenters. The zero-order chi connectivity index (χ0) is 10.8. The summed E-state index contributed by atoms with van der Waals surface area (Å²) in [6, 6.07) is 0.113. The number of ether oxygens (including phenoxy) is 1. The highest BCUT2D eigenvalue weighted by Gasteiger charge is 2.22. The summed E-state index contributed by atoms with van der Waals surface area (Å²) in [4.78, 5) is 11.4. The van der Waals surface area contributed by atoms with E-state index in [1.54, 1.807) is 0 Å². The molecule has 0 spiro atoms. The van der Waals surface area contributed by atoms with Gasteiger partial charge in [-0.2, -0.15) is 0 Å². The van der Waals surface area contributed by atoms with Crippen molar-refractivity contribution in [3.63, 3.8) is 0 Å². The maximum absolute atomic E-state index is 11.4. The van der Waals surface area contributed by atoms with Crippen molar-refractivity contribution in [2.75, 3.05) is 0 Å². The molecule has 3 heteroatoms. The number of hydrogen-bond acceptors (Lipinski definition) is 3. The van der Waals surface area contributed by atoms with E-state index in [-0.39, 0.29) is 23.5 Å². The van der Waals surface area contributed by atoms with Gasteiger partial charge in [0, 0.05) is 6.04 Å². The van der Waals surface area contributed by atoms with E-state index in [4.69, 9.17) is 10.5 Å². The summed E-state index contributed by atoms with van der Waals surface area (Å²) < 4.78 is 5.22. The Hall–Kier alpha value is -0.830. The summed E-state index contributed by atoms with van der Waals surface area (Å²) in [5.74, 6) is 0.126. The van der Waals surface area contributed by atoms with Crippen LogP contribution in [0.15, 0.2) is 12.2 Å². The Morgan fingerprint density at radius 2 is 2.14 bits per heavy atom. The second-order valence-electron chi connectivity index (χ2n) is 4.84. The molecule has 1 aliphatic rings. The predicted molar refractivity (Wildman–Crippen MR) is 55.7 cm³/mol. The lowest BCUT2D eigenvalue weighted by molar-refractivity contribution is -0.155. The monoisotopic (exact) mass is 197 g/mol. The zero-order valence-electron chi connectivity index (χ0n) is 9.12. The highest BCUT2D eigenvalue weighted by atomic mass is 16.6. The van der Waals surface area contributed by atoms with Crippen molar-refractivity contribution in [1.82, 2.24) is 0 Å². The van der Waals surface area contributed by atoms with Gasteiger partial charge in [-0.3, -0.25) is 4.79 Å². The molecule has 0 radical (unpaired) electrons. The first-order valence-electron chi connectivity index (χ1n) is 5.02. The number of hydrogen-bond donors (Lipinski definition) is 1. The number of nitrogens with two attached hydrogens (primary N) is 1. The molecule has 80 valence electrons. The van der Waals surface area contributed by atoms with Crippen molar-refractivity contribution in [3.05, 3.63) is 12.2 Å². The number of allylic oxidation sites excluding steroid dienone is 1. The number of rotatable bonds is 2. The Balaban J connectivity index is 2.32. The average Bonchev–Trinajstić information content (AvgIpc) is 2.30. The van der Waals surface area contributed by atoms with Crippen molar-refractivity contribution in [2.24, 2.45) is 11.7 Å². The van der Waals surface area contributed by atoms with Crippen LogP contribution in [0.1, 0.15) is 33.6 Å². The molecule has 0 aliphatic heterocycles. The SMILES string of the molecule is CC(C)(C)OC(=O)C[C@H]1C=C[C@@H](N)C1. The van der Waals surface area contributed by atoms with Crippen LogP contribution in [0, 0.1) is 5.92 Å². The van der Waals surface area contributed by atoms with E-state index in [2.05, 4.69) is 0 Å². The number of esters is 1. The molecule has 14 heavy (non-hydrogen) atoms. The van der Waals surface area contributed by atoms with Gasteiger partial charge in [0.1, 0.15) is 5.60 Å². The molecule has 2 N–H and O–H groups in total. The van der Waals surface area contributed by atoms with E-state index in [0.717, 1.165) is 6.42 Å². The van der Waals surface area contributed by atoms with Crippen molar-refractivity contribution in [2.45, 2.75) is 45.3 Å². The maximum atomic E-state index is 11.4. The minimum atomic E-state index is -0.387. The summed E-state index contributed by atoms with van der Waals surface area (Å²) in [7, 11) is 0. The van der Waals surface area contributed by atoms with Gasteiger partial charge >= 0.3 is 5.97 Å². The molecule has 0 aromatic heterocycles. The highest BCUT2D eigenvalue weighted by molar-refractivity contribution is 5.70. The van der Waals surface area contributed by atoms with Gasteiger partial charge in [-0.15, -0.1) is 0 Å². The summed E-state index contributed by atoms with van der Waals surface area (Å²) in [6.45, 7) is 5.63. The van der Waals surface area contributed by atoms with Gasteiger partial charge in [0.15, 0.2) is 0 Å². The Bertz CT molecular complexity index is 240. The van der Waals surface area contributed by atoms with E-state index >= 15 is 0 Å². The molecule has 3 nitrogen and oxygen atoms in total. The van der Waals surface area contributed by atoms with Crippen LogP contribution in [0.4, 0.5) is 0 Å². The predicted octanol–water partition coefficient (Wildman–Crippen LogP) is 1.62. The van der Waals surface area contributed by atoms with Crippen molar-refractivity contribution in [1.29, 1.82) is 0 Å². The quantitative estimate of drug-likeness (QED) is 0.540. The lowest BCUT2D eigenvalue weighted by Gasteiger charge is -2.20. The van der Waals surface area contributed by atoms with Crippen LogP contribution in [-0.2, 0) is 9.53 Å². The Morgan fingerprint density at radius 3 is 2.57 bits per heavy atom. The van der Waals surface area contributed by atoms with Crippen LogP contribution in [0.5, 0.6) is 0 Å². The van der Waals surface area contributed by atoms with Gasteiger partial charge in [-0.05, 0) is 33.1 Å². The van der Waals surface area contributed by atoms with Crippen LogP contribution in [-0.4, -0.2) is 17.6 Å². The summed E-state index contributed by atoms with van der Waals surface area (Å²) in [5.41, 5.74) is 5.30. The van der Waals surface area contributed by atoms with Gasteiger partial charge in [0.05, 0.1) is 6.42 Å². The van der Waals surface area contributed by atoms with E-state index in [0.29, 0.717) is 6.42 Å². The fraction of sp³-hybridized carbons (Fsp3) is 0.727. The van der Waals surface area contributed by atoms with Gasteiger partial charge in [-0.25, -0.2) is 0 Å². The third-order valence-electron chi connectivity index (χ3n) is 2.05. The van der Waals surface area contributed by atoms with Crippen LogP contribution in [0.2, 0.25) is 0 Å². The van der Waals surface area contributed by atoms with Crippen molar-refractivity contribution >= 4 is 5.97 Å². The molecular weight excluding hydrogens is 178 g/mol. The van der Waals surface area contributed by atoms with Crippen LogP contribution in [0.25, 0.3) is 0 Å². The first-order chi connectivity index (χ1) is 6.37. The van der Waals surface area contributed by atoms with Gasteiger partial charge in [-0.1, -0.05) is 12.2 Å². The van der Waals surface area contributed by atoms with Crippen molar-refractivity contribution in [3.8, 4) is 0 Å². The normalized spacial score (nSPS) is 26.6. The summed E-state index contributed by atoms with van der Waals surface area (Å²) in [6.07, 6.45) is 5.27. The third-order valence-corrected chi connectivity index (χ3v) is 2.05. The second kappa shape index (κ2) is 4.13. The van der Waals surface area contributed by atoms with Crippen LogP contribution >= 0.6 is 0 Å². The number of carbonyl (C=O) groups excluding carboxylic acids is 1. The molecule has 0 saturated carbocycles. The first-order valence-corrected chi connectivity index (χ1v) is 5.02. The van der Waals surface area contributed by atoms with E-state index in [1.165, 1.54) is 0 Å². The fourth-order valence-electron chi connectivity index (χ4n) is 1.56. The molecule has 0 aromatic rings. The molecular formula is C11H19NO2. The molecule has 0 heterocycles. The number of carbonyl (C=O) groups is 1. The molecule has 0 bridgehead atoms. The first kappa shape index (κ1) is 11.2.